The lowest BCUT2D eigenvalue weighted by molar-refractivity contribution is 1.07. The van der Waals surface area contributed by atoms with Gasteiger partial charge in [-0.25, -0.2) is 15.0 Å². The van der Waals surface area contributed by atoms with E-state index in [4.69, 9.17) is 15.0 Å². The maximum Gasteiger partial charge on any atom is 0.199 e. The number of benzene rings is 3. The van der Waals surface area contributed by atoms with Crippen LogP contribution in [0, 0.1) is 0 Å². The highest BCUT2D eigenvalue weighted by Crippen LogP contribution is 2.28. The molecule has 0 bridgehead atoms. The van der Waals surface area contributed by atoms with E-state index in [1.807, 2.05) is 42.5 Å². The Balaban J connectivity index is 1.84. The normalized spacial score (nSPS) is 11.3. The van der Waals surface area contributed by atoms with Gasteiger partial charge in [-0.3, -0.25) is 4.57 Å². The molecule has 0 atom stereocenters. The fourth-order valence-corrected chi connectivity index (χ4v) is 3.36. The molecule has 0 aliphatic carbocycles. The molecular formula is C23H18N4. The Labute approximate surface area is 157 Å². The van der Waals surface area contributed by atoms with Crippen LogP contribution < -0.4 is 0 Å². The molecule has 3 aromatic carbocycles. The number of aryl methyl sites for hydroxylation is 1. The van der Waals surface area contributed by atoms with Crippen molar-refractivity contribution >= 4 is 22.3 Å². The van der Waals surface area contributed by atoms with Crippen LogP contribution in [0.1, 0.15) is 12.5 Å². The van der Waals surface area contributed by atoms with Crippen LogP contribution in [0.2, 0.25) is 0 Å². The molecule has 0 spiro atoms. The second-order valence-electron chi connectivity index (χ2n) is 6.52. The topological polar surface area (TPSA) is 43.6 Å². The van der Waals surface area contributed by atoms with Crippen LogP contribution >= 0.6 is 0 Å². The van der Waals surface area contributed by atoms with E-state index in [0.29, 0.717) is 5.65 Å². The zero-order valence-electron chi connectivity index (χ0n) is 15.0. The molecule has 0 saturated carbocycles. The number of para-hydroxylation sites is 2. The number of hydrogen-bond donors (Lipinski definition) is 0. The summed E-state index contributed by atoms with van der Waals surface area (Å²) >= 11 is 0. The molecule has 0 N–H and O–H groups in total. The van der Waals surface area contributed by atoms with Crippen LogP contribution in [0.3, 0.4) is 0 Å². The van der Waals surface area contributed by atoms with Crippen molar-refractivity contribution < 1.29 is 0 Å². The lowest BCUT2D eigenvalue weighted by Crippen LogP contribution is -1.99. The van der Waals surface area contributed by atoms with Crippen molar-refractivity contribution in [2.45, 2.75) is 13.3 Å². The standard InChI is InChI=1S/C23H18N4/c1-2-16-12-14-18(15-13-16)27-22(17-8-4-3-5-9-17)26-21-23(27)25-20-11-7-6-10-19(20)24-21/h3-15H,2H2,1H3. The molecule has 27 heavy (non-hydrogen) atoms. The Morgan fingerprint density at radius 1 is 0.704 bits per heavy atom. The molecule has 0 radical (unpaired) electrons. The van der Waals surface area contributed by atoms with Gasteiger partial charge in [0, 0.05) is 11.3 Å². The number of aromatic nitrogens is 4. The average Bonchev–Trinajstić information content (AvgIpc) is 3.11. The summed E-state index contributed by atoms with van der Waals surface area (Å²) < 4.78 is 2.10. The maximum absolute atomic E-state index is 4.88. The molecule has 0 aliphatic heterocycles. The lowest BCUT2D eigenvalue weighted by Gasteiger charge is -2.09. The first-order chi connectivity index (χ1) is 13.3. The third-order valence-corrected chi connectivity index (χ3v) is 4.80. The van der Waals surface area contributed by atoms with Crippen LogP contribution in [0.25, 0.3) is 39.4 Å². The molecule has 2 aromatic heterocycles. The van der Waals surface area contributed by atoms with E-state index < -0.39 is 0 Å². The first-order valence-electron chi connectivity index (χ1n) is 9.13. The minimum absolute atomic E-state index is 0.659. The summed E-state index contributed by atoms with van der Waals surface area (Å²) in [7, 11) is 0. The van der Waals surface area contributed by atoms with Crippen LogP contribution in [0.15, 0.2) is 78.9 Å². The molecule has 5 rings (SSSR count). The SMILES string of the molecule is CCc1ccc(-n2c(-c3ccccc3)nc3nc4ccccc4nc32)cc1. The number of rotatable bonds is 3. The Morgan fingerprint density at radius 3 is 2.07 bits per heavy atom. The monoisotopic (exact) mass is 350 g/mol. The largest absolute Gasteiger partial charge is 0.275 e. The van der Waals surface area contributed by atoms with Gasteiger partial charge in [-0.2, -0.15) is 0 Å². The van der Waals surface area contributed by atoms with Crippen molar-refractivity contribution in [1.82, 2.24) is 19.5 Å². The Kier molecular flexibility index (Phi) is 3.68. The van der Waals surface area contributed by atoms with Gasteiger partial charge >= 0.3 is 0 Å². The molecule has 0 aliphatic rings. The number of nitrogens with zero attached hydrogens (tertiary/aromatic N) is 4. The molecule has 130 valence electrons. The van der Waals surface area contributed by atoms with Crippen molar-refractivity contribution in [3.8, 4) is 17.1 Å². The van der Waals surface area contributed by atoms with Gasteiger partial charge in [-0.15, -0.1) is 0 Å². The Hall–Kier alpha value is -3.53. The zero-order chi connectivity index (χ0) is 18.2. The van der Waals surface area contributed by atoms with Gasteiger partial charge < -0.3 is 0 Å². The van der Waals surface area contributed by atoms with Crippen molar-refractivity contribution in [3.05, 3.63) is 84.4 Å². The first kappa shape index (κ1) is 15.7. The predicted octanol–water partition coefficient (Wildman–Crippen LogP) is 5.20. The maximum atomic E-state index is 4.88. The summed E-state index contributed by atoms with van der Waals surface area (Å²) in [5.41, 5.74) is 6.55. The number of imidazole rings is 1. The van der Waals surface area contributed by atoms with E-state index in [1.165, 1.54) is 5.56 Å². The van der Waals surface area contributed by atoms with E-state index in [0.717, 1.165) is 40.2 Å². The molecular weight excluding hydrogens is 332 g/mol. The highest BCUT2D eigenvalue weighted by Gasteiger charge is 2.17. The van der Waals surface area contributed by atoms with Crippen molar-refractivity contribution in [3.63, 3.8) is 0 Å². The van der Waals surface area contributed by atoms with E-state index in [9.17, 15) is 0 Å². The van der Waals surface area contributed by atoms with Gasteiger partial charge in [-0.1, -0.05) is 61.5 Å². The lowest BCUT2D eigenvalue weighted by atomic mass is 10.1. The van der Waals surface area contributed by atoms with Gasteiger partial charge in [-0.05, 0) is 36.2 Å². The number of fused-ring (bicyclic) bond motifs is 2. The molecule has 4 heteroatoms. The van der Waals surface area contributed by atoms with Crippen LogP contribution in [-0.2, 0) is 6.42 Å². The second-order valence-corrected chi connectivity index (χ2v) is 6.52. The summed E-state index contributed by atoms with van der Waals surface area (Å²) in [6.45, 7) is 2.16. The van der Waals surface area contributed by atoms with Gasteiger partial charge in [0.2, 0.25) is 0 Å². The smallest absolute Gasteiger partial charge is 0.199 e. The first-order valence-corrected chi connectivity index (χ1v) is 9.13. The Morgan fingerprint density at radius 2 is 1.37 bits per heavy atom. The summed E-state index contributed by atoms with van der Waals surface area (Å²) in [4.78, 5) is 14.5. The fourth-order valence-electron chi connectivity index (χ4n) is 3.36. The van der Waals surface area contributed by atoms with Crippen LogP contribution in [-0.4, -0.2) is 19.5 Å². The van der Waals surface area contributed by atoms with E-state index in [-0.39, 0.29) is 0 Å². The minimum atomic E-state index is 0.659. The van der Waals surface area contributed by atoms with Gasteiger partial charge in [0.15, 0.2) is 11.3 Å². The average molecular weight is 350 g/mol. The summed E-state index contributed by atoms with van der Waals surface area (Å²) in [6.07, 6.45) is 1.01. The van der Waals surface area contributed by atoms with Crippen molar-refractivity contribution in [1.29, 1.82) is 0 Å². The van der Waals surface area contributed by atoms with Gasteiger partial charge in [0.1, 0.15) is 5.82 Å². The van der Waals surface area contributed by atoms with Gasteiger partial charge in [0.05, 0.1) is 11.0 Å². The molecule has 4 nitrogen and oxygen atoms in total. The predicted molar refractivity (Wildman–Crippen MR) is 109 cm³/mol. The van der Waals surface area contributed by atoms with Crippen LogP contribution in [0.5, 0.6) is 0 Å². The highest BCUT2D eigenvalue weighted by atomic mass is 15.2. The molecule has 0 fully saturated rings. The fraction of sp³-hybridized carbons (Fsp3) is 0.0870. The zero-order valence-corrected chi connectivity index (χ0v) is 15.0. The summed E-state index contributed by atoms with van der Waals surface area (Å²) in [5.74, 6) is 0.852. The van der Waals surface area contributed by atoms with Gasteiger partial charge in [0.25, 0.3) is 0 Å². The van der Waals surface area contributed by atoms with Crippen molar-refractivity contribution in [2.24, 2.45) is 0 Å². The summed E-state index contributed by atoms with van der Waals surface area (Å²) in [5, 5.41) is 0. The third kappa shape index (κ3) is 2.66. The van der Waals surface area contributed by atoms with E-state index in [2.05, 4.69) is 47.9 Å². The van der Waals surface area contributed by atoms with Crippen LogP contribution in [0.4, 0.5) is 0 Å². The Bertz CT molecular complexity index is 1240. The van der Waals surface area contributed by atoms with E-state index in [1.54, 1.807) is 0 Å². The highest BCUT2D eigenvalue weighted by molar-refractivity contribution is 5.86. The summed E-state index contributed by atoms with van der Waals surface area (Å²) in [6, 6.07) is 26.7. The molecule has 2 heterocycles. The second kappa shape index (κ2) is 6.32. The minimum Gasteiger partial charge on any atom is -0.275 e. The van der Waals surface area contributed by atoms with Crippen molar-refractivity contribution in [2.75, 3.05) is 0 Å². The molecule has 0 amide bonds. The van der Waals surface area contributed by atoms with E-state index >= 15 is 0 Å². The number of hydrogen-bond acceptors (Lipinski definition) is 3. The third-order valence-electron chi connectivity index (χ3n) is 4.80. The molecule has 0 unspecified atom stereocenters. The molecule has 0 saturated heterocycles. The quantitative estimate of drug-likeness (QED) is 0.449. The molecule has 5 aromatic rings.